The van der Waals surface area contributed by atoms with E-state index in [0.717, 1.165) is 23.2 Å². The van der Waals surface area contributed by atoms with Crippen molar-refractivity contribution in [3.63, 3.8) is 0 Å². The molecule has 128 valence electrons. The van der Waals surface area contributed by atoms with Crippen LogP contribution in [0.25, 0.3) is 10.8 Å². The van der Waals surface area contributed by atoms with Gasteiger partial charge in [0.15, 0.2) is 0 Å². The molecule has 26 heavy (non-hydrogen) atoms. The van der Waals surface area contributed by atoms with E-state index in [0.29, 0.717) is 11.3 Å². The van der Waals surface area contributed by atoms with E-state index in [4.69, 9.17) is 0 Å². The zero-order valence-corrected chi connectivity index (χ0v) is 14.1. The fraction of sp³-hybridized carbons (Fsp3) is 0.190. The Labute approximate surface area is 150 Å². The molecular weight excluding hydrogens is 324 g/mol. The van der Waals surface area contributed by atoms with Gasteiger partial charge in [0, 0.05) is 29.4 Å². The van der Waals surface area contributed by atoms with Crippen LogP contribution < -0.4 is 10.9 Å². The maximum absolute atomic E-state index is 12.3. The van der Waals surface area contributed by atoms with Crippen molar-refractivity contribution in [3.05, 3.63) is 88.6 Å². The Morgan fingerprint density at radius 3 is 2.77 bits per heavy atom. The summed E-state index contributed by atoms with van der Waals surface area (Å²) in [4.78, 5) is 16.4. The zero-order chi connectivity index (χ0) is 17.5. The van der Waals surface area contributed by atoms with Crippen molar-refractivity contribution in [2.24, 2.45) is 5.92 Å². The summed E-state index contributed by atoms with van der Waals surface area (Å²) in [5, 5.41) is 12.5. The lowest BCUT2D eigenvalue weighted by Gasteiger charge is -2.38. The Hall–Kier alpha value is -3.21. The van der Waals surface area contributed by atoms with Gasteiger partial charge in [-0.25, -0.2) is 5.10 Å². The fourth-order valence-electron chi connectivity index (χ4n) is 4.20. The number of pyridine rings is 1. The molecule has 3 heterocycles. The van der Waals surface area contributed by atoms with E-state index >= 15 is 0 Å². The molecule has 0 radical (unpaired) electrons. The number of hydrogen-bond donors (Lipinski definition) is 2. The molecule has 5 heteroatoms. The Kier molecular flexibility index (Phi) is 3.45. The van der Waals surface area contributed by atoms with Crippen molar-refractivity contribution >= 4 is 16.5 Å². The van der Waals surface area contributed by atoms with E-state index in [1.54, 1.807) is 0 Å². The van der Waals surface area contributed by atoms with Crippen molar-refractivity contribution in [1.82, 2.24) is 15.2 Å². The summed E-state index contributed by atoms with van der Waals surface area (Å²) < 4.78 is 0. The van der Waals surface area contributed by atoms with E-state index in [9.17, 15) is 4.79 Å². The SMILES string of the molecule is O=c1[nH]nc2c3c(cccc13)NC(c1ccncc1)C2C1C=CC=CC1. The average molecular weight is 342 g/mol. The average Bonchev–Trinajstić information content (AvgIpc) is 2.71. The highest BCUT2D eigenvalue weighted by atomic mass is 16.1. The number of hydrogen-bond acceptors (Lipinski definition) is 4. The van der Waals surface area contributed by atoms with Crippen LogP contribution in [0, 0.1) is 5.92 Å². The van der Waals surface area contributed by atoms with Crippen LogP contribution in [0.3, 0.4) is 0 Å². The van der Waals surface area contributed by atoms with Gasteiger partial charge in [-0.2, -0.15) is 5.10 Å². The Balaban J connectivity index is 1.76. The van der Waals surface area contributed by atoms with Gasteiger partial charge < -0.3 is 5.32 Å². The topological polar surface area (TPSA) is 70.7 Å². The van der Waals surface area contributed by atoms with E-state index < -0.39 is 0 Å². The molecule has 2 aromatic heterocycles. The van der Waals surface area contributed by atoms with Crippen LogP contribution in [0.15, 0.2) is 71.8 Å². The molecule has 1 aliphatic heterocycles. The predicted octanol–water partition coefficient (Wildman–Crippen LogP) is 3.70. The molecule has 1 aromatic carbocycles. The molecule has 0 amide bonds. The molecule has 2 aliphatic rings. The molecule has 0 bridgehead atoms. The minimum Gasteiger partial charge on any atom is -0.377 e. The normalized spacial score (nSPS) is 23.8. The third-order valence-corrected chi connectivity index (χ3v) is 5.37. The van der Waals surface area contributed by atoms with Gasteiger partial charge >= 0.3 is 0 Å². The Bertz CT molecular complexity index is 1080. The highest BCUT2D eigenvalue weighted by Crippen LogP contribution is 2.48. The Morgan fingerprint density at radius 2 is 1.96 bits per heavy atom. The van der Waals surface area contributed by atoms with Gasteiger partial charge in [-0.15, -0.1) is 0 Å². The van der Waals surface area contributed by atoms with Gasteiger partial charge in [0.25, 0.3) is 5.56 Å². The van der Waals surface area contributed by atoms with Crippen LogP contribution in [0.5, 0.6) is 0 Å². The molecule has 3 atom stereocenters. The molecular formula is C21H18N4O. The van der Waals surface area contributed by atoms with Crippen LogP contribution in [0.2, 0.25) is 0 Å². The van der Waals surface area contributed by atoms with E-state index in [2.05, 4.69) is 44.8 Å². The van der Waals surface area contributed by atoms with Gasteiger partial charge in [0.2, 0.25) is 0 Å². The van der Waals surface area contributed by atoms with Crippen molar-refractivity contribution in [2.45, 2.75) is 18.4 Å². The first-order valence-electron chi connectivity index (χ1n) is 8.84. The van der Waals surface area contributed by atoms with Crippen molar-refractivity contribution in [1.29, 1.82) is 0 Å². The molecule has 2 N–H and O–H groups in total. The maximum Gasteiger partial charge on any atom is 0.272 e. The quantitative estimate of drug-likeness (QED) is 0.745. The summed E-state index contributed by atoms with van der Waals surface area (Å²) >= 11 is 0. The zero-order valence-electron chi connectivity index (χ0n) is 14.1. The molecule has 3 unspecified atom stereocenters. The smallest absolute Gasteiger partial charge is 0.272 e. The largest absolute Gasteiger partial charge is 0.377 e. The molecule has 3 aromatic rings. The molecule has 5 nitrogen and oxygen atoms in total. The molecule has 1 aliphatic carbocycles. The number of H-pyrrole nitrogens is 1. The first kappa shape index (κ1) is 15.1. The predicted molar refractivity (Wildman–Crippen MR) is 102 cm³/mol. The Morgan fingerprint density at radius 1 is 1.08 bits per heavy atom. The summed E-state index contributed by atoms with van der Waals surface area (Å²) in [6.45, 7) is 0. The standard InChI is InChI=1S/C21H18N4O/c26-21-15-7-4-8-16-18(15)20(24-25-21)17(13-5-2-1-3-6-13)19(23-16)14-9-11-22-12-10-14/h1-5,7-13,17,19,23H,6H2,(H,25,26). The van der Waals surface area contributed by atoms with Crippen LogP contribution in [-0.2, 0) is 0 Å². The summed E-state index contributed by atoms with van der Waals surface area (Å²) in [6, 6.07) is 9.96. The monoisotopic (exact) mass is 342 g/mol. The summed E-state index contributed by atoms with van der Waals surface area (Å²) in [7, 11) is 0. The molecule has 5 rings (SSSR count). The second-order valence-electron chi connectivity index (χ2n) is 6.81. The van der Waals surface area contributed by atoms with Crippen molar-refractivity contribution in [3.8, 4) is 0 Å². The number of rotatable bonds is 2. The number of aromatic nitrogens is 3. The molecule has 0 spiro atoms. The van der Waals surface area contributed by atoms with Crippen molar-refractivity contribution < 1.29 is 0 Å². The molecule has 0 saturated carbocycles. The highest BCUT2D eigenvalue weighted by Gasteiger charge is 2.37. The number of allylic oxidation sites excluding steroid dienone is 4. The first-order valence-corrected chi connectivity index (χ1v) is 8.84. The lowest BCUT2D eigenvalue weighted by molar-refractivity contribution is 0.438. The second kappa shape index (κ2) is 5.95. The van der Waals surface area contributed by atoms with Gasteiger partial charge in [-0.05, 0) is 42.2 Å². The van der Waals surface area contributed by atoms with E-state index in [1.165, 1.54) is 5.56 Å². The second-order valence-corrected chi connectivity index (χ2v) is 6.81. The summed E-state index contributed by atoms with van der Waals surface area (Å²) in [6.07, 6.45) is 13.2. The number of aromatic amines is 1. The lowest BCUT2D eigenvalue weighted by atomic mass is 9.74. The third-order valence-electron chi connectivity index (χ3n) is 5.37. The van der Waals surface area contributed by atoms with Crippen LogP contribution >= 0.6 is 0 Å². The minimum absolute atomic E-state index is 0.0654. The number of nitrogens with zero attached hydrogens (tertiary/aromatic N) is 2. The number of benzene rings is 1. The molecule has 0 saturated heterocycles. The first-order chi connectivity index (χ1) is 12.8. The van der Waals surface area contributed by atoms with Crippen LogP contribution in [0.1, 0.15) is 29.6 Å². The number of nitrogens with one attached hydrogen (secondary N) is 2. The van der Waals surface area contributed by atoms with Gasteiger partial charge in [0.1, 0.15) is 0 Å². The summed E-state index contributed by atoms with van der Waals surface area (Å²) in [5.41, 5.74) is 2.95. The van der Waals surface area contributed by atoms with Crippen molar-refractivity contribution in [2.75, 3.05) is 5.32 Å². The number of anilines is 1. The van der Waals surface area contributed by atoms with Crippen LogP contribution in [0.4, 0.5) is 5.69 Å². The highest BCUT2D eigenvalue weighted by molar-refractivity contribution is 5.96. The van der Waals surface area contributed by atoms with E-state index in [1.807, 2.05) is 42.7 Å². The van der Waals surface area contributed by atoms with Gasteiger partial charge in [-0.3, -0.25) is 9.78 Å². The van der Waals surface area contributed by atoms with Gasteiger partial charge in [-0.1, -0.05) is 30.4 Å². The maximum atomic E-state index is 12.3. The fourth-order valence-corrected chi connectivity index (χ4v) is 4.20. The summed E-state index contributed by atoms with van der Waals surface area (Å²) in [5.74, 6) is 0.425. The molecule has 0 fully saturated rings. The van der Waals surface area contributed by atoms with Crippen LogP contribution in [-0.4, -0.2) is 15.2 Å². The minimum atomic E-state index is -0.146. The lowest BCUT2D eigenvalue weighted by Crippen LogP contribution is -2.31. The van der Waals surface area contributed by atoms with Gasteiger partial charge in [0.05, 0.1) is 17.1 Å². The third kappa shape index (κ3) is 2.28. The van der Waals surface area contributed by atoms with E-state index in [-0.39, 0.29) is 17.5 Å².